The summed E-state index contributed by atoms with van der Waals surface area (Å²) in [5.41, 5.74) is 2.08. The van der Waals surface area contributed by atoms with E-state index in [1.807, 2.05) is 36.5 Å². The molecule has 0 fully saturated rings. The number of aliphatic hydroxyl groups is 1. The number of ether oxygens (including phenoxy) is 1. The Morgan fingerprint density at radius 2 is 1.91 bits per heavy atom. The summed E-state index contributed by atoms with van der Waals surface area (Å²) in [6.07, 6.45) is 2.43. The monoisotopic (exact) mass is 318 g/mol. The second-order valence-corrected chi connectivity index (χ2v) is 12.3. The van der Waals surface area contributed by atoms with Gasteiger partial charge in [-0.05, 0) is 6.04 Å². The van der Waals surface area contributed by atoms with Crippen molar-refractivity contribution in [1.29, 1.82) is 0 Å². The molecule has 0 aliphatic rings. The van der Waals surface area contributed by atoms with Crippen molar-refractivity contribution in [2.45, 2.75) is 38.8 Å². The summed E-state index contributed by atoms with van der Waals surface area (Å²) in [7, 11) is -1.08. The molecule has 5 heteroatoms. The molecule has 0 radical (unpaired) electrons. The molecule has 1 aromatic heterocycles. The van der Waals surface area contributed by atoms with Crippen LogP contribution in [0.2, 0.25) is 25.7 Å². The topological polar surface area (TPSA) is 47.3 Å². The van der Waals surface area contributed by atoms with Gasteiger partial charge in [0.25, 0.3) is 0 Å². The molecule has 1 aromatic carbocycles. The van der Waals surface area contributed by atoms with Gasteiger partial charge in [-0.1, -0.05) is 50.0 Å². The van der Waals surface area contributed by atoms with Gasteiger partial charge in [-0.25, -0.2) is 4.98 Å². The first kappa shape index (κ1) is 16.9. The van der Waals surface area contributed by atoms with Crippen molar-refractivity contribution in [2.75, 3.05) is 13.2 Å². The van der Waals surface area contributed by atoms with Gasteiger partial charge in [0.15, 0.2) is 0 Å². The minimum absolute atomic E-state index is 0.120. The van der Waals surface area contributed by atoms with Gasteiger partial charge in [0.2, 0.25) is 0 Å². The Bertz CT molecular complexity index is 576. The van der Waals surface area contributed by atoms with Gasteiger partial charge in [-0.15, -0.1) is 0 Å². The average molecular weight is 318 g/mol. The molecule has 0 aliphatic carbocycles. The molecular formula is C17H26N2O2Si. The molecule has 0 aliphatic heterocycles. The van der Waals surface area contributed by atoms with E-state index in [0.29, 0.717) is 13.2 Å². The molecule has 22 heavy (non-hydrogen) atoms. The largest absolute Gasteiger partial charge is 0.396 e. The van der Waals surface area contributed by atoms with Crippen LogP contribution >= 0.6 is 0 Å². The lowest BCUT2D eigenvalue weighted by molar-refractivity contribution is 0.0860. The Labute approximate surface area is 133 Å². The molecule has 1 N–H and O–H groups in total. The number of hydrogen-bond donors (Lipinski definition) is 1. The number of aliphatic hydroxyl groups excluding tert-OH is 1. The van der Waals surface area contributed by atoms with E-state index in [-0.39, 0.29) is 6.61 Å². The van der Waals surface area contributed by atoms with Crippen molar-refractivity contribution in [3.8, 4) is 11.4 Å². The van der Waals surface area contributed by atoms with Gasteiger partial charge >= 0.3 is 0 Å². The summed E-state index contributed by atoms with van der Waals surface area (Å²) >= 11 is 0. The third-order valence-electron chi connectivity index (χ3n) is 3.55. The highest BCUT2D eigenvalue weighted by atomic mass is 28.3. The van der Waals surface area contributed by atoms with E-state index in [1.54, 1.807) is 0 Å². The third-order valence-corrected chi connectivity index (χ3v) is 5.26. The Balaban J connectivity index is 2.11. The fraction of sp³-hybridized carbons (Fsp3) is 0.471. The van der Waals surface area contributed by atoms with E-state index < -0.39 is 8.07 Å². The molecule has 0 unspecified atom stereocenters. The maximum absolute atomic E-state index is 9.23. The minimum Gasteiger partial charge on any atom is -0.396 e. The highest BCUT2D eigenvalue weighted by Crippen LogP contribution is 2.20. The van der Waals surface area contributed by atoms with E-state index in [0.717, 1.165) is 29.7 Å². The molecule has 4 nitrogen and oxygen atoms in total. The Morgan fingerprint density at radius 3 is 2.55 bits per heavy atom. The molecule has 0 amide bonds. The second kappa shape index (κ2) is 7.72. The molecule has 0 bridgehead atoms. The average Bonchev–Trinajstić information content (AvgIpc) is 2.87. The summed E-state index contributed by atoms with van der Waals surface area (Å²) in [5, 5.41) is 9.23. The van der Waals surface area contributed by atoms with Crippen LogP contribution in [-0.2, 0) is 17.9 Å². The molecule has 0 saturated heterocycles. The zero-order valence-corrected chi connectivity index (χ0v) is 14.7. The van der Waals surface area contributed by atoms with Crippen LogP contribution in [-0.4, -0.2) is 35.9 Å². The lowest BCUT2D eigenvalue weighted by Crippen LogP contribution is -2.22. The van der Waals surface area contributed by atoms with Gasteiger partial charge < -0.3 is 14.4 Å². The summed E-state index contributed by atoms with van der Waals surface area (Å²) < 4.78 is 7.94. The molecule has 0 spiro atoms. The van der Waals surface area contributed by atoms with Crippen LogP contribution in [0.25, 0.3) is 11.4 Å². The first-order valence-corrected chi connectivity index (χ1v) is 11.5. The fourth-order valence-corrected chi connectivity index (χ4v) is 2.98. The summed E-state index contributed by atoms with van der Waals surface area (Å²) in [6, 6.07) is 11.2. The predicted octanol–water partition coefficient (Wildman–Crippen LogP) is 3.40. The molecule has 120 valence electrons. The van der Waals surface area contributed by atoms with Crippen LogP contribution in [0.4, 0.5) is 0 Å². The number of imidazole rings is 1. The SMILES string of the molecule is C[Si](C)(C)CCOCn1c(CCO)cnc1-c1ccccc1. The van der Waals surface area contributed by atoms with Gasteiger partial charge in [0.1, 0.15) is 12.6 Å². The molecule has 2 aromatic rings. The van der Waals surface area contributed by atoms with Gasteiger partial charge in [-0.3, -0.25) is 0 Å². The van der Waals surface area contributed by atoms with Crippen LogP contribution in [0.5, 0.6) is 0 Å². The number of benzene rings is 1. The molecule has 1 heterocycles. The van der Waals surface area contributed by atoms with Gasteiger partial charge in [0, 0.05) is 45.2 Å². The number of rotatable bonds is 8. The van der Waals surface area contributed by atoms with Crippen molar-refractivity contribution in [3.63, 3.8) is 0 Å². The first-order chi connectivity index (χ1) is 10.5. The number of hydrogen-bond acceptors (Lipinski definition) is 3. The Hall–Kier alpha value is -1.43. The standard InChI is InChI=1S/C17H26N2O2Si/c1-22(2,3)12-11-21-14-19-16(9-10-20)13-18-17(19)15-7-5-4-6-8-15/h4-8,13,20H,9-12,14H2,1-3H3. The molecule has 2 rings (SSSR count). The predicted molar refractivity (Wildman–Crippen MR) is 92.6 cm³/mol. The van der Waals surface area contributed by atoms with E-state index in [2.05, 4.69) is 29.2 Å². The van der Waals surface area contributed by atoms with E-state index in [9.17, 15) is 5.11 Å². The Kier molecular flexibility index (Phi) is 5.94. The van der Waals surface area contributed by atoms with E-state index in [4.69, 9.17) is 4.74 Å². The fourth-order valence-electron chi connectivity index (χ4n) is 2.22. The number of aromatic nitrogens is 2. The highest BCUT2D eigenvalue weighted by molar-refractivity contribution is 6.76. The second-order valence-electron chi connectivity index (χ2n) is 6.69. The lowest BCUT2D eigenvalue weighted by atomic mass is 10.2. The quantitative estimate of drug-likeness (QED) is 0.599. The van der Waals surface area contributed by atoms with Crippen LogP contribution in [0.1, 0.15) is 5.69 Å². The summed E-state index contributed by atoms with van der Waals surface area (Å²) in [5.74, 6) is 0.900. The maximum atomic E-state index is 9.23. The third kappa shape index (κ3) is 4.80. The van der Waals surface area contributed by atoms with Crippen molar-refractivity contribution in [3.05, 3.63) is 42.2 Å². The highest BCUT2D eigenvalue weighted by Gasteiger charge is 2.14. The molecule has 0 saturated carbocycles. The molecular weight excluding hydrogens is 292 g/mol. The van der Waals surface area contributed by atoms with Gasteiger partial charge in [-0.2, -0.15) is 0 Å². The summed E-state index contributed by atoms with van der Waals surface area (Å²) in [6.45, 7) is 8.43. The van der Waals surface area contributed by atoms with Crippen LogP contribution in [0.15, 0.2) is 36.5 Å². The normalized spacial score (nSPS) is 11.8. The van der Waals surface area contributed by atoms with Crippen LogP contribution < -0.4 is 0 Å². The van der Waals surface area contributed by atoms with Crippen molar-refractivity contribution in [1.82, 2.24) is 9.55 Å². The van der Waals surface area contributed by atoms with Gasteiger partial charge in [0.05, 0.1) is 0 Å². The maximum Gasteiger partial charge on any atom is 0.142 e. The minimum atomic E-state index is -1.08. The van der Waals surface area contributed by atoms with E-state index in [1.165, 1.54) is 0 Å². The van der Waals surface area contributed by atoms with E-state index >= 15 is 0 Å². The first-order valence-electron chi connectivity index (χ1n) is 7.80. The van der Waals surface area contributed by atoms with Crippen molar-refractivity contribution < 1.29 is 9.84 Å². The Morgan fingerprint density at radius 1 is 1.18 bits per heavy atom. The van der Waals surface area contributed by atoms with Crippen LogP contribution in [0, 0.1) is 0 Å². The summed E-state index contributed by atoms with van der Waals surface area (Å²) in [4.78, 5) is 4.51. The molecule has 0 atom stereocenters. The van der Waals surface area contributed by atoms with Crippen LogP contribution in [0.3, 0.4) is 0 Å². The van der Waals surface area contributed by atoms with Crippen molar-refractivity contribution >= 4 is 8.07 Å². The zero-order valence-electron chi connectivity index (χ0n) is 13.7. The number of nitrogens with zero attached hydrogens (tertiary/aromatic N) is 2. The smallest absolute Gasteiger partial charge is 0.142 e. The zero-order chi connectivity index (χ0) is 16.0. The lowest BCUT2D eigenvalue weighted by Gasteiger charge is -2.17. The van der Waals surface area contributed by atoms with Crippen molar-refractivity contribution in [2.24, 2.45) is 0 Å².